The van der Waals surface area contributed by atoms with Crippen LogP contribution in [-0.2, 0) is 26.8 Å². The first-order valence-electron chi connectivity index (χ1n) is 22.0. The summed E-state index contributed by atoms with van der Waals surface area (Å²) in [5, 5.41) is 0. The minimum atomic E-state index is -2.68. The quantitative estimate of drug-likeness (QED) is 0.0506. The maximum absolute atomic E-state index is 12.7. The van der Waals surface area contributed by atoms with Gasteiger partial charge < -0.3 is 18.5 Å². The molecule has 0 radical (unpaired) electrons. The Hall–Kier alpha value is -1.81. The van der Waals surface area contributed by atoms with Crippen molar-refractivity contribution >= 4 is 8.25 Å². The van der Waals surface area contributed by atoms with E-state index >= 15 is 0 Å². The Balaban J connectivity index is 1.50. The number of rotatable bonds is 38. The van der Waals surface area contributed by atoms with Crippen LogP contribution in [0, 0.1) is 0 Å². The Morgan fingerprint density at radius 3 is 0.962 bits per heavy atom. The lowest BCUT2D eigenvalue weighted by Crippen LogP contribution is -2.01. The van der Waals surface area contributed by atoms with E-state index in [4.69, 9.17) is 18.5 Å². The molecule has 298 valence electrons. The van der Waals surface area contributed by atoms with Gasteiger partial charge in [0.25, 0.3) is 0 Å². The van der Waals surface area contributed by atoms with Crippen molar-refractivity contribution in [3.05, 3.63) is 59.7 Å². The summed E-state index contributed by atoms with van der Waals surface area (Å²) in [7, 11) is -2.68. The maximum atomic E-state index is 12.7. The van der Waals surface area contributed by atoms with Crippen molar-refractivity contribution in [3.63, 3.8) is 0 Å². The predicted molar refractivity (Wildman–Crippen MR) is 223 cm³/mol. The lowest BCUT2D eigenvalue weighted by Gasteiger charge is -2.13. The fraction of sp³-hybridized carbons (Fsp3) is 0.739. The van der Waals surface area contributed by atoms with Crippen LogP contribution in [0.15, 0.2) is 48.5 Å². The molecule has 52 heavy (non-hydrogen) atoms. The van der Waals surface area contributed by atoms with Crippen molar-refractivity contribution in [2.75, 3.05) is 13.2 Å². The van der Waals surface area contributed by atoms with Gasteiger partial charge in [0.1, 0.15) is 11.5 Å². The summed E-state index contributed by atoms with van der Waals surface area (Å²) in [6, 6.07) is 15.7. The zero-order valence-electron chi connectivity index (χ0n) is 33.8. The number of hydrogen-bond acceptors (Lipinski definition) is 5. The highest BCUT2D eigenvalue weighted by Crippen LogP contribution is 2.31. The second-order valence-electron chi connectivity index (χ2n) is 14.9. The van der Waals surface area contributed by atoms with Gasteiger partial charge in [-0.15, -0.1) is 0 Å². The molecule has 0 N–H and O–H groups in total. The van der Waals surface area contributed by atoms with E-state index in [0.29, 0.717) is 13.2 Å². The van der Waals surface area contributed by atoms with Crippen LogP contribution in [-0.4, -0.2) is 13.2 Å². The molecule has 6 heteroatoms. The molecule has 5 nitrogen and oxygen atoms in total. The van der Waals surface area contributed by atoms with E-state index in [1.54, 1.807) is 0 Å². The normalized spacial score (nSPS) is 11.4. The van der Waals surface area contributed by atoms with E-state index in [-0.39, 0.29) is 13.2 Å². The fourth-order valence-corrected chi connectivity index (χ4v) is 7.43. The second-order valence-corrected chi connectivity index (χ2v) is 16.0. The van der Waals surface area contributed by atoms with Gasteiger partial charge >= 0.3 is 8.25 Å². The van der Waals surface area contributed by atoms with Crippen molar-refractivity contribution in [3.8, 4) is 11.5 Å². The molecule has 0 saturated carbocycles. The SMILES string of the molecule is CCCCCCCCCCCCCCCCOc1ccccc1CO[PH](=O)OCc1ccccc1OCCCCCCCCCCCCCCCC. The smallest absolute Gasteiger partial charge is 0.319 e. The Bertz CT molecular complexity index is 1010. The standard InChI is InChI=1S/C46H79O5P/c1-3-5-7-9-11-13-15-17-19-21-23-25-27-33-39-48-45-37-31-29-35-43(45)41-50-52(47)51-42-44-36-30-32-38-46(44)49-40-34-28-26-24-22-20-18-16-14-12-10-8-6-4-2/h29-32,35-38,52H,3-28,33-34,39-42H2,1-2H3. The number of benzene rings is 2. The minimum Gasteiger partial charge on any atom is -0.493 e. The summed E-state index contributed by atoms with van der Waals surface area (Å²) < 4.78 is 36.2. The van der Waals surface area contributed by atoms with Crippen LogP contribution in [0.4, 0.5) is 0 Å². The summed E-state index contributed by atoms with van der Waals surface area (Å²) in [6.45, 7) is 6.35. The average molecular weight is 743 g/mol. The zero-order valence-corrected chi connectivity index (χ0v) is 34.8. The third-order valence-corrected chi connectivity index (χ3v) is 10.9. The van der Waals surface area contributed by atoms with E-state index < -0.39 is 8.25 Å². The summed E-state index contributed by atoms with van der Waals surface area (Å²) in [5.74, 6) is 1.60. The molecule has 0 amide bonds. The van der Waals surface area contributed by atoms with Gasteiger partial charge in [-0.2, -0.15) is 0 Å². The molecule has 0 aromatic heterocycles. The van der Waals surface area contributed by atoms with Crippen LogP contribution < -0.4 is 9.47 Å². The third kappa shape index (κ3) is 26.0. The second kappa shape index (κ2) is 34.9. The first kappa shape index (κ1) is 46.3. The number of ether oxygens (including phenoxy) is 2. The average Bonchev–Trinajstić information content (AvgIpc) is 3.17. The van der Waals surface area contributed by atoms with Gasteiger partial charge in [0.15, 0.2) is 0 Å². The number of para-hydroxylation sites is 2. The van der Waals surface area contributed by atoms with E-state index in [9.17, 15) is 4.57 Å². The molecule has 0 aliphatic carbocycles. The summed E-state index contributed by atoms with van der Waals surface area (Å²) in [4.78, 5) is 0. The minimum absolute atomic E-state index is 0.198. The van der Waals surface area contributed by atoms with Gasteiger partial charge in [-0.1, -0.05) is 217 Å². The van der Waals surface area contributed by atoms with Crippen LogP contribution in [0.1, 0.15) is 205 Å². The molecule has 0 bridgehead atoms. The molecule has 0 unspecified atom stereocenters. The Labute approximate surface area is 321 Å². The van der Waals surface area contributed by atoms with Gasteiger partial charge in [0.05, 0.1) is 26.4 Å². The van der Waals surface area contributed by atoms with Crippen LogP contribution in [0.2, 0.25) is 0 Å². The first-order chi connectivity index (χ1) is 25.7. The predicted octanol–water partition coefficient (Wildman–Crippen LogP) is 15.5. The van der Waals surface area contributed by atoms with Crippen molar-refractivity contribution in [1.29, 1.82) is 0 Å². The molecule has 0 atom stereocenters. The van der Waals surface area contributed by atoms with E-state index in [1.807, 2.05) is 48.5 Å². The molecule has 0 fully saturated rings. The molecule has 2 rings (SSSR count). The largest absolute Gasteiger partial charge is 0.493 e. The van der Waals surface area contributed by atoms with Gasteiger partial charge in [0.2, 0.25) is 0 Å². The molecule has 0 aliphatic heterocycles. The number of hydrogen-bond donors (Lipinski definition) is 0. The summed E-state index contributed by atoms with van der Waals surface area (Å²) in [5.41, 5.74) is 1.79. The summed E-state index contributed by atoms with van der Waals surface area (Å²) in [6.07, 6.45) is 37.6. The van der Waals surface area contributed by atoms with Gasteiger partial charge in [-0.05, 0) is 25.0 Å². The molecule has 0 heterocycles. The zero-order chi connectivity index (χ0) is 37.0. The molecule has 0 spiro atoms. The van der Waals surface area contributed by atoms with Crippen molar-refractivity contribution in [2.45, 2.75) is 207 Å². The van der Waals surface area contributed by atoms with E-state index in [1.165, 1.54) is 167 Å². The highest BCUT2D eigenvalue weighted by molar-refractivity contribution is 7.33. The van der Waals surface area contributed by atoms with E-state index in [0.717, 1.165) is 35.5 Å². The highest BCUT2D eigenvalue weighted by atomic mass is 31.1. The van der Waals surface area contributed by atoms with Gasteiger partial charge in [-0.25, -0.2) is 0 Å². The van der Waals surface area contributed by atoms with Crippen LogP contribution in [0.5, 0.6) is 11.5 Å². The molecular weight excluding hydrogens is 663 g/mol. The molecule has 0 saturated heterocycles. The highest BCUT2D eigenvalue weighted by Gasteiger charge is 2.09. The Morgan fingerprint density at radius 2 is 0.654 bits per heavy atom. The molecule has 2 aromatic carbocycles. The monoisotopic (exact) mass is 743 g/mol. The lowest BCUT2D eigenvalue weighted by atomic mass is 10.0. The van der Waals surface area contributed by atoms with Gasteiger partial charge in [0, 0.05) is 11.1 Å². The third-order valence-electron chi connectivity index (χ3n) is 10.1. The molecule has 0 aliphatic rings. The Kier molecular flexibility index (Phi) is 31.1. The van der Waals surface area contributed by atoms with Crippen molar-refractivity contribution < 1.29 is 23.1 Å². The summed E-state index contributed by atoms with van der Waals surface area (Å²) >= 11 is 0. The first-order valence-corrected chi connectivity index (χ1v) is 23.2. The van der Waals surface area contributed by atoms with Crippen LogP contribution >= 0.6 is 8.25 Å². The molecule has 2 aromatic rings. The van der Waals surface area contributed by atoms with Crippen LogP contribution in [0.3, 0.4) is 0 Å². The number of unbranched alkanes of at least 4 members (excludes halogenated alkanes) is 26. The van der Waals surface area contributed by atoms with Crippen molar-refractivity contribution in [2.24, 2.45) is 0 Å². The lowest BCUT2D eigenvalue weighted by molar-refractivity contribution is 0.206. The molecular formula is C46H79O5P. The van der Waals surface area contributed by atoms with Crippen LogP contribution in [0.25, 0.3) is 0 Å². The Morgan fingerprint density at radius 1 is 0.385 bits per heavy atom. The van der Waals surface area contributed by atoms with Crippen molar-refractivity contribution in [1.82, 2.24) is 0 Å². The maximum Gasteiger partial charge on any atom is 0.319 e. The van der Waals surface area contributed by atoms with E-state index in [2.05, 4.69) is 13.8 Å². The van der Waals surface area contributed by atoms with Gasteiger partial charge in [-0.3, -0.25) is 4.57 Å². The topological polar surface area (TPSA) is 54.0 Å². The fourth-order valence-electron chi connectivity index (χ4n) is 6.80.